The number of aromatic nitrogens is 3. The van der Waals surface area contributed by atoms with Crippen molar-refractivity contribution < 1.29 is 14.5 Å². The average molecular weight is 278 g/mol. The van der Waals surface area contributed by atoms with Gasteiger partial charge in [-0.3, -0.25) is 9.59 Å². The van der Waals surface area contributed by atoms with Crippen molar-refractivity contribution in [2.45, 2.75) is 6.54 Å². The Morgan fingerprint density at radius 1 is 1.21 bits per heavy atom. The van der Waals surface area contributed by atoms with E-state index >= 15 is 0 Å². The Balaban J connectivity index is 2.27. The molecule has 2 aromatic rings. The van der Waals surface area contributed by atoms with Crippen LogP contribution in [0.25, 0.3) is 0 Å². The van der Waals surface area contributed by atoms with Crippen LogP contribution in [0.5, 0.6) is 0 Å². The molecule has 6 nitrogen and oxygen atoms in total. The second kappa shape index (κ2) is 4.17. The molecule has 0 spiro atoms. The third-order valence-electron chi connectivity index (χ3n) is 3.02. The van der Waals surface area contributed by atoms with Gasteiger partial charge in [0, 0.05) is 27.1 Å². The maximum Gasteiger partial charge on any atom is 0.220 e. The van der Waals surface area contributed by atoms with Gasteiger partial charge in [-0.15, -0.1) is 16.3 Å². The van der Waals surface area contributed by atoms with Crippen LogP contribution in [0.2, 0.25) is 0 Å². The zero-order valence-corrected chi connectivity index (χ0v) is 10.4. The quantitative estimate of drug-likeness (QED) is 0.389. The molecule has 1 aliphatic carbocycles. The number of hydrogen-bond donors (Lipinski definition) is 0. The number of halogens is 1. The number of rotatable bonds is 2. The minimum atomic E-state index is -0.414. The van der Waals surface area contributed by atoms with Crippen molar-refractivity contribution in [3.8, 4) is 0 Å². The molecule has 0 atom stereocenters. The van der Waals surface area contributed by atoms with Gasteiger partial charge in [0.1, 0.15) is 0 Å². The summed E-state index contributed by atoms with van der Waals surface area (Å²) < 4.78 is 1.08. The molecule has 0 bridgehead atoms. The van der Waals surface area contributed by atoms with E-state index in [-0.39, 0.29) is 45.7 Å². The van der Waals surface area contributed by atoms with Gasteiger partial charge in [0.05, 0.1) is 6.54 Å². The molecule has 0 aliphatic heterocycles. The maximum atomic E-state index is 12.4. The molecule has 0 N–H and O–H groups in total. The largest absolute Gasteiger partial charge is 0.571 e. The molecule has 0 saturated carbocycles. The van der Waals surface area contributed by atoms with E-state index in [1.54, 1.807) is 24.3 Å². The van der Waals surface area contributed by atoms with Crippen LogP contribution in [-0.4, -0.2) is 27.2 Å². The van der Waals surface area contributed by atoms with Crippen LogP contribution >= 0.6 is 11.6 Å². The van der Waals surface area contributed by atoms with Gasteiger partial charge >= 0.3 is 0 Å². The van der Waals surface area contributed by atoms with Crippen LogP contribution in [0, 0.1) is 5.21 Å². The van der Waals surface area contributed by atoms with E-state index in [1.165, 1.54) is 0 Å². The van der Waals surface area contributed by atoms with Gasteiger partial charge in [-0.05, 0) is 0 Å². The minimum Gasteiger partial charge on any atom is -0.571 e. The van der Waals surface area contributed by atoms with E-state index in [9.17, 15) is 14.8 Å². The van der Waals surface area contributed by atoms with Crippen molar-refractivity contribution in [1.29, 1.82) is 0 Å². The van der Waals surface area contributed by atoms with E-state index < -0.39 is 5.78 Å². The number of carbonyl (C=O) groups is 2. The molecule has 0 radical (unpaired) electrons. The highest BCUT2D eigenvalue weighted by Gasteiger charge is 2.38. The fraction of sp³-hybridized carbons (Fsp3) is 0.167. The fourth-order valence-corrected chi connectivity index (χ4v) is 2.34. The van der Waals surface area contributed by atoms with Crippen molar-refractivity contribution in [1.82, 2.24) is 9.78 Å². The third kappa shape index (κ3) is 1.57. The van der Waals surface area contributed by atoms with Gasteiger partial charge < -0.3 is 5.21 Å². The van der Waals surface area contributed by atoms with Gasteiger partial charge in [-0.2, -0.15) is 0 Å². The SMILES string of the molecule is O=C1c2ccccc2C(=O)c2c1n[n+]([O-])n2CCCl. The monoisotopic (exact) mass is 277 g/mol. The summed E-state index contributed by atoms with van der Waals surface area (Å²) in [6.45, 7) is 0.120. The number of ketones is 2. The zero-order chi connectivity index (χ0) is 13.6. The van der Waals surface area contributed by atoms with E-state index in [1.807, 2.05) is 0 Å². The Morgan fingerprint density at radius 3 is 2.47 bits per heavy atom. The van der Waals surface area contributed by atoms with Crippen molar-refractivity contribution in [2.24, 2.45) is 0 Å². The average Bonchev–Trinajstić information content (AvgIpc) is 2.75. The topological polar surface area (TPSA) is 78.9 Å². The predicted octanol–water partition coefficient (Wildman–Crippen LogP) is 0.531. The summed E-state index contributed by atoms with van der Waals surface area (Å²) in [7, 11) is 0. The van der Waals surface area contributed by atoms with Crippen molar-refractivity contribution in [2.75, 3.05) is 5.88 Å². The number of carbonyl (C=O) groups excluding carboxylic acids is 2. The summed E-state index contributed by atoms with van der Waals surface area (Å²) in [6, 6.07) is 6.44. The summed E-state index contributed by atoms with van der Waals surface area (Å²) in [6.07, 6.45) is 0. The van der Waals surface area contributed by atoms with E-state index in [2.05, 4.69) is 5.10 Å². The first-order chi connectivity index (χ1) is 9.15. The molecular weight excluding hydrogens is 270 g/mol. The molecule has 1 heterocycles. The minimum absolute atomic E-state index is 0.0133. The van der Waals surface area contributed by atoms with Crippen molar-refractivity contribution in [3.63, 3.8) is 0 Å². The molecule has 0 fully saturated rings. The van der Waals surface area contributed by atoms with Crippen LogP contribution in [0.15, 0.2) is 24.3 Å². The van der Waals surface area contributed by atoms with Crippen LogP contribution < -0.4 is 4.96 Å². The molecule has 1 aromatic heterocycles. The number of benzene rings is 1. The summed E-state index contributed by atoms with van der Waals surface area (Å²) in [5.74, 6) is -0.644. The molecule has 1 aromatic carbocycles. The number of hydrogen-bond acceptors (Lipinski definition) is 4. The smallest absolute Gasteiger partial charge is 0.220 e. The standard InChI is InChI=1S/C12H8ClN3O3/c13-5-6-15-10-9(14-16(15)19)11(17)7-3-1-2-4-8(7)12(10)18/h1-4H,5-6H2. The van der Waals surface area contributed by atoms with Crippen LogP contribution in [0.4, 0.5) is 0 Å². The second-order valence-corrected chi connectivity index (χ2v) is 4.44. The van der Waals surface area contributed by atoms with Crippen LogP contribution in [0.3, 0.4) is 0 Å². The van der Waals surface area contributed by atoms with E-state index in [0.29, 0.717) is 0 Å². The molecular formula is C12H8ClN3O3. The molecule has 0 saturated heterocycles. The van der Waals surface area contributed by atoms with E-state index in [0.717, 1.165) is 4.68 Å². The predicted molar refractivity (Wildman–Crippen MR) is 65.2 cm³/mol. The summed E-state index contributed by atoms with van der Waals surface area (Å²) in [4.78, 5) is 24.8. The molecule has 7 heteroatoms. The molecule has 19 heavy (non-hydrogen) atoms. The Labute approximate surface area is 112 Å². The lowest BCUT2D eigenvalue weighted by atomic mass is 9.90. The normalized spacial score (nSPS) is 13.3. The Bertz CT molecular complexity index is 708. The lowest BCUT2D eigenvalue weighted by molar-refractivity contribution is -0.749. The highest BCUT2D eigenvalue weighted by atomic mass is 35.5. The molecule has 0 unspecified atom stereocenters. The van der Waals surface area contributed by atoms with Crippen LogP contribution in [-0.2, 0) is 6.54 Å². The van der Waals surface area contributed by atoms with Crippen molar-refractivity contribution in [3.05, 3.63) is 52.0 Å². The number of alkyl halides is 1. The summed E-state index contributed by atoms with van der Waals surface area (Å²) in [5, 5.41) is 15.2. The highest BCUT2D eigenvalue weighted by Crippen LogP contribution is 2.25. The van der Waals surface area contributed by atoms with Crippen LogP contribution in [0.1, 0.15) is 32.1 Å². The maximum absolute atomic E-state index is 12.4. The Morgan fingerprint density at radius 2 is 1.84 bits per heavy atom. The first kappa shape index (κ1) is 11.9. The lowest BCUT2D eigenvalue weighted by Gasteiger charge is -2.11. The van der Waals surface area contributed by atoms with Gasteiger partial charge in [-0.25, -0.2) is 0 Å². The molecule has 96 valence electrons. The molecule has 1 aliphatic rings. The highest BCUT2D eigenvalue weighted by molar-refractivity contribution is 6.26. The fourth-order valence-electron chi connectivity index (χ4n) is 2.18. The summed E-state index contributed by atoms with van der Waals surface area (Å²) >= 11 is 5.59. The number of nitrogens with zero attached hydrogens (tertiary/aromatic N) is 3. The first-order valence-electron chi connectivity index (χ1n) is 5.60. The van der Waals surface area contributed by atoms with Gasteiger partial charge in [0.25, 0.3) is 0 Å². The van der Waals surface area contributed by atoms with Crippen molar-refractivity contribution >= 4 is 23.2 Å². The lowest BCUT2D eigenvalue weighted by Crippen LogP contribution is -2.41. The van der Waals surface area contributed by atoms with Gasteiger partial charge in [0.2, 0.25) is 17.3 Å². The number of fused-ring (bicyclic) bond motifs is 2. The van der Waals surface area contributed by atoms with Gasteiger partial charge in [-0.1, -0.05) is 24.3 Å². The van der Waals surface area contributed by atoms with Gasteiger partial charge in [0.15, 0.2) is 5.69 Å². The zero-order valence-electron chi connectivity index (χ0n) is 9.67. The third-order valence-corrected chi connectivity index (χ3v) is 3.19. The Hall–Kier alpha value is -2.21. The Kier molecular flexibility index (Phi) is 2.60. The summed E-state index contributed by atoms with van der Waals surface area (Å²) in [5.41, 5.74) is 0.468. The second-order valence-electron chi connectivity index (χ2n) is 4.07. The first-order valence-corrected chi connectivity index (χ1v) is 6.13. The molecule has 0 amide bonds. The van der Waals surface area contributed by atoms with E-state index in [4.69, 9.17) is 11.6 Å². The molecule has 3 rings (SSSR count).